The maximum Gasteiger partial charge on any atom is 0.391 e. The zero-order valence-corrected chi connectivity index (χ0v) is 12.3. The van der Waals surface area contributed by atoms with Crippen molar-refractivity contribution in [1.29, 1.82) is 0 Å². The summed E-state index contributed by atoms with van der Waals surface area (Å²) in [6, 6.07) is 0.00135. The Morgan fingerprint density at radius 2 is 1.76 bits per heavy atom. The summed E-state index contributed by atoms with van der Waals surface area (Å²) in [4.78, 5) is 25.2. The number of halogens is 3. The van der Waals surface area contributed by atoms with Crippen LogP contribution in [0.2, 0.25) is 0 Å². The first kappa shape index (κ1) is 16.3. The quantitative estimate of drug-likeness (QED) is 0.785. The van der Waals surface area contributed by atoms with Crippen LogP contribution in [-0.4, -0.2) is 35.9 Å². The van der Waals surface area contributed by atoms with Crippen molar-refractivity contribution in [2.75, 3.05) is 7.05 Å². The van der Waals surface area contributed by atoms with E-state index in [1.54, 1.807) is 11.9 Å². The minimum atomic E-state index is -4.20. The van der Waals surface area contributed by atoms with Gasteiger partial charge in [0.1, 0.15) is 5.78 Å². The molecule has 21 heavy (non-hydrogen) atoms. The number of hydrogen-bond acceptors (Lipinski definition) is 2. The Morgan fingerprint density at radius 1 is 1.14 bits per heavy atom. The lowest BCUT2D eigenvalue weighted by Crippen LogP contribution is -2.44. The van der Waals surface area contributed by atoms with Crippen molar-refractivity contribution in [1.82, 2.24) is 4.90 Å². The summed E-state index contributed by atoms with van der Waals surface area (Å²) in [5.41, 5.74) is 0. The van der Waals surface area contributed by atoms with Gasteiger partial charge in [0.15, 0.2) is 0 Å². The Labute approximate surface area is 122 Å². The fourth-order valence-corrected chi connectivity index (χ4v) is 3.49. The third kappa shape index (κ3) is 3.98. The molecule has 0 heterocycles. The molecule has 1 amide bonds. The molecule has 0 saturated heterocycles. The van der Waals surface area contributed by atoms with Gasteiger partial charge in [0.2, 0.25) is 5.91 Å². The van der Waals surface area contributed by atoms with Crippen LogP contribution in [0.15, 0.2) is 0 Å². The number of nitrogens with zero attached hydrogens (tertiary/aromatic N) is 1. The summed E-state index contributed by atoms with van der Waals surface area (Å²) in [5.74, 6) is -1.83. The Kier molecular flexibility index (Phi) is 4.94. The van der Waals surface area contributed by atoms with E-state index in [1.165, 1.54) is 0 Å². The van der Waals surface area contributed by atoms with Crippen LogP contribution in [0.3, 0.4) is 0 Å². The van der Waals surface area contributed by atoms with Crippen LogP contribution in [0.5, 0.6) is 0 Å². The van der Waals surface area contributed by atoms with Gasteiger partial charge in [0.25, 0.3) is 0 Å². The predicted octanol–water partition coefficient (Wildman–Crippen LogP) is 3.33. The Morgan fingerprint density at radius 3 is 2.33 bits per heavy atom. The van der Waals surface area contributed by atoms with Crippen LogP contribution in [0.1, 0.15) is 51.4 Å². The van der Waals surface area contributed by atoms with Gasteiger partial charge in [-0.05, 0) is 32.1 Å². The van der Waals surface area contributed by atoms with Crippen LogP contribution in [-0.2, 0) is 9.59 Å². The molecule has 0 aromatic carbocycles. The van der Waals surface area contributed by atoms with E-state index in [1.807, 2.05) is 0 Å². The largest absolute Gasteiger partial charge is 0.391 e. The van der Waals surface area contributed by atoms with Crippen molar-refractivity contribution in [3.8, 4) is 0 Å². The summed E-state index contributed by atoms with van der Waals surface area (Å²) in [6.07, 6.45) is -0.940. The normalized spacial score (nSPS) is 28.5. The first-order chi connectivity index (χ1) is 9.79. The van der Waals surface area contributed by atoms with Gasteiger partial charge in [-0.25, -0.2) is 0 Å². The molecule has 2 saturated carbocycles. The van der Waals surface area contributed by atoms with Crippen LogP contribution < -0.4 is 0 Å². The molecule has 6 heteroatoms. The highest BCUT2D eigenvalue weighted by molar-refractivity contribution is 5.81. The molecule has 0 spiro atoms. The van der Waals surface area contributed by atoms with Crippen molar-refractivity contribution in [3.05, 3.63) is 0 Å². The number of hydrogen-bond donors (Lipinski definition) is 0. The minimum absolute atomic E-state index is 0.00135. The minimum Gasteiger partial charge on any atom is -0.343 e. The van der Waals surface area contributed by atoms with Crippen molar-refractivity contribution in [2.45, 2.75) is 63.6 Å². The molecule has 0 N–H and O–H groups in total. The maximum atomic E-state index is 12.8. The van der Waals surface area contributed by atoms with Crippen molar-refractivity contribution in [3.63, 3.8) is 0 Å². The van der Waals surface area contributed by atoms with E-state index in [0.29, 0.717) is 38.5 Å². The number of carbonyl (C=O) groups excluding carboxylic acids is 2. The van der Waals surface area contributed by atoms with E-state index in [9.17, 15) is 22.8 Å². The first-order valence-corrected chi connectivity index (χ1v) is 7.64. The molecular weight excluding hydrogens is 283 g/mol. The highest BCUT2D eigenvalue weighted by atomic mass is 19.4. The fourth-order valence-electron chi connectivity index (χ4n) is 3.49. The van der Waals surface area contributed by atoms with Crippen LogP contribution in [0.4, 0.5) is 13.2 Å². The SMILES string of the molecule is CN(C(=O)C1CCCC(C(F)(F)F)C1)C1CCC(=O)CC1. The second kappa shape index (κ2) is 6.36. The fraction of sp³-hybridized carbons (Fsp3) is 0.867. The van der Waals surface area contributed by atoms with E-state index >= 15 is 0 Å². The average molecular weight is 305 g/mol. The predicted molar refractivity (Wildman–Crippen MR) is 71.5 cm³/mol. The van der Waals surface area contributed by atoms with Crippen LogP contribution in [0.25, 0.3) is 0 Å². The number of rotatable bonds is 2. The summed E-state index contributed by atoms with van der Waals surface area (Å²) >= 11 is 0. The number of amides is 1. The van der Waals surface area contributed by atoms with Crippen LogP contribution >= 0.6 is 0 Å². The molecular formula is C15H22F3NO2. The van der Waals surface area contributed by atoms with Gasteiger partial charge < -0.3 is 4.90 Å². The highest BCUT2D eigenvalue weighted by Crippen LogP contribution is 2.40. The molecule has 0 aromatic heterocycles. The van der Waals surface area contributed by atoms with E-state index in [-0.39, 0.29) is 30.6 Å². The molecule has 2 aliphatic rings. The van der Waals surface area contributed by atoms with E-state index in [4.69, 9.17) is 0 Å². The van der Waals surface area contributed by atoms with E-state index < -0.39 is 18.0 Å². The molecule has 0 radical (unpaired) electrons. The van der Waals surface area contributed by atoms with Gasteiger partial charge >= 0.3 is 6.18 Å². The van der Waals surface area contributed by atoms with Gasteiger partial charge in [-0.2, -0.15) is 13.2 Å². The molecule has 2 aliphatic carbocycles. The van der Waals surface area contributed by atoms with Gasteiger partial charge in [0.05, 0.1) is 5.92 Å². The first-order valence-electron chi connectivity index (χ1n) is 7.64. The highest BCUT2D eigenvalue weighted by Gasteiger charge is 2.44. The monoisotopic (exact) mass is 305 g/mol. The smallest absolute Gasteiger partial charge is 0.343 e. The number of alkyl halides is 3. The van der Waals surface area contributed by atoms with Crippen molar-refractivity contribution < 1.29 is 22.8 Å². The van der Waals surface area contributed by atoms with E-state index in [0.717, 1.165) is 0 Å². The summed E-state index contributed by atoms with van der Waals surface area (Å²) in [5, 5.41) is 0. The van der Waals surface area contributed by atoms with Gasteiger partial charge in [-0.1, -0.05) is 6.42 Å². The molecule has 2 fully saturated rings. The Hall–Kier alpha value is -1.07. The third-order valence-corrected chi connectivity index (χ3v) is 4.89. The molecule has 2 rings (SSSR count). The number of Topliss-reactive ketones (excluding diaryl/α,β-unsaturated/α-hetero) is 1. The van der Waals surface area contributed by atoms with E-state index in [2.05, 4.69) is 0 Å². The van der Waals surface area contributed by atoms with Gasteiger partial charge in [0, 0.05) is 31.8 Å². The number of ketones is 1. The summed E-state index contributed by atoms with van der Waals surface area (Å²) in [7, 11) is 1.67. The molecule has 3 nitrogen and oxygen atoms in total. The molecule has 0 aromatic rings. The third-order valence-electron chi connectivity index (χ3n) is 4.89. The number of carbonyl (C=O) groups is 2. The Balaban J connectivity index is 1.94. The summed E-state index contributed by atoms with van der Waals surface area (Å²) < 4.78 is 38.4. The average Bonchev–Trinajstić information content (AvgIpc) is 2.46. The zero-order chi connectivity index (χ0) is 15.6. The lowest BCUT2D eigenvalue weighted by molar-refractivity contribution is -0.187. The second-order valence-electron chi connectivity index (χ2n) is 6.32. The van der Waals surface area contributed by atoms with Crippen molar-refractivity contribution >= 4 is 11.7 Å². The van der Waals surface area contributed by atoms with Crippen LogP contribution in [0, 0.1) is 11.8 Å². The van der Waals surface area contributed by atoms with Gasteiger partial charge in [-0.3, -0.25) is 9.59 Å². The molecule has 120 valence electrons. The maximum absolute atomic E-state index is 12.8. The molecule has 0 bridgehead atoms. The molecule has 0 aliphatic heterocycles. The standard InChI is InChI=1S/C15H22F3NO2/c1-19(12-5-7-13(20)8-6-12)14(21)10-3-2-4-11(9-10)15(16,17)18/h10-12H,2-9H2,1H3. The summed E-state index contributed by atoms with van der Waals surface area (Å²) in [6.45, 7) is 0. The topological polar surface area (TPSA) is 37.4 Å². The molecule has 2 atom stereocenters. The van der Waals surface area contributed by atoms with Gasteiger partial charge in [-0.15, -0.1) is 0 Å². The lowest BCUT2D eigenvalue weighted by atomic mass is 9.80. The second-order valence-corrected chi connectivity index (χ2v) is 6.32. The van der Waals surface area contributed by atoms with Crippen molar-refractivity contribution in [2.24, 2.45) is 11.8 Å². The lowest BCUT2D eigenvalue weighted by Gasteiger charge is -2.36. The zero-order valence-electron chi connectivity index (χ0n) is 12.3. The molecule has 2 unspecified atom stereocenters. The Bertz CT molecular complexity index is 398.